The number of benzene rings is 3. The Morgan fingerprint density at radius 3 is 1.74 bits per heavy atom. The van der Waals surface area contributed by atoms with Gasteiger partial charge in [-0.1, -0.05) is 72.8 Å². The van der Waals surface area contributed by atoms with Crippen molar-refractivity contribution in [2.45, 2.75) is 82.6 Å². The number of hydrazine groups is 1. The van der Waals surface area contributed by atoms with Crippen molar-refractivity contribution in [3.63, 3.8) is 0 Å². The first-order valence-corrected chi connectivity index (χ1v) is 17.1. The molecule has 0 saturated heterocycles. The van der Waals surface area contributed by atoms with Gasteiger partial charge >= 0.3 is 12.1 Å². The van der Waals surface area contributed by atoms with Crippen LogP contribution in [0.2, 0.25) is 0 Å². The molecule has 3 atom stereocenters. The molecule has 0 saturated carbocycles. The van der Waals surface area contributed by atoms with E-state index < -0.39 is 53.6 Å². The summed E-state index contributed by atoms with van der Waals surface area (Å²) in [4.78, 5) is 61.0. The SMILES string of the molecule is C[C@H](NC(=O)[C@@H](Cc1ccccc1)NC(=O)[C@H](Cc1ccc(C(F)(F)F)cc1)NC(=O)CCCc1ccccc1)C(=O)O.NN/C=C(\N)CCCC(N)=O. The summed E-state index contributed by atoms with van der Waals surface area (Å²) in [6.07, 6.45) is -0.278. The number of carboxylic acid groups (broad SMARTS) is 1. The third kappa shape index (κ3) is 17.5. The second-order valence-corrected chi connectivity index (χ2v) is 12.4. The van der Waals surface area contributed by atoms with Crippen LogP contribution in [0.5, 0.6) is 0 Å². The van der Waals surface area contributed by atoms with Gasteiger partial charge in [-0.3, -0.25) is 29.8 Å². The molecule has 0 aliphatic heterocycles. The lowest BCUT2D eigenvalue weighted by Crippen LogP contribution is -2.56. The van der Waals surface area contributed by atoms with E-state index in [2.05, 4.69) is 21.4 Å². The summed E-state index contributed by atoms with van der Waals surface area (Å²) in [7, 11) is 0. The Morgan fingerprint density at radius 1 is 0.704 bits per heavy atom. The van der Waals surface area contributed by atoms with E-state index in [0.717, 1.165) is 17.7 Å². The molecule has 3 aromatic carbocycles. The van der Waals surface area contributed by atoms with Crippen LogP contribution in [0.4, 0.5) is 13.2 Å². The Balaban J connectivity index is 0.000000793. The van der Waals surface area contributed by atoms with Gasteiger partial charge in [0, 0.05) is 37.6 Å². The molecular weight excluding hydrogens is 707 g/mol. The molecule has 11 N–H and O–H groups in total. The molecule has 0 heterocycles. The molecule has 0 aliphatic rings. The fourth-order valence-corrected chi connectivity index (χ4v) is 4.99. The Hall–Kier alpha value is -5.90. The minimum absolute atomic E-state index is 0.0305. The van der Waals surface area contributed by atoms with Crippen LogP contribution in [0.1, 0.15) is 61.3 Å². The van der Waals surface area contributed by atoms with Crippen LogP contribution >= 0.6 is 0 Å². The number of alkyl halides is 3. The van der Waals surface area contributed by atoms with Crippen molar-refractivity contribution in [2.24, 2.45) is 17.3 Å². The van der Waals surface area contributed by atoms with Crippen molar-refractivity contribution in [3.05, 3.63) is 119 Å². The zero-order valence-electron chi connectivity index (χ0n) is 29.9. The Morgan fingerprint density at radius 2 is 1.22 bits per heavy atom. The number of carbonyl (C=O) groups is 5. The molecule has 54 heavy (non-hydrogen) atoms. The lowest BCUT2D eigenvalue weighted by Gasteiger charge is -2.24. The fourth-order valence-electron chi connectivity index (χ4n) is 4.99. The minimum atomic E-state index is -4.53. The number of amides is 4. The standard InChI is InChI=1S/C32H34F3N3O5.C6H14N4O/c1-21(31(42)43)36-29(40)27(19-23-11-6-3-7-12-23)38-30(41)26(20-24-15-17-25(18-16-24)32(33,34)35)37-28(39)14-8-13-22-9-4-2-5-10-22;7-5(4-10-9)2-1-3-6(8)11/h2-7,9-12,15-18,21,26-27H,8,13-14,19-20H2,1H3,(H,36,40)(H,37,39)(H,38,41)(H,42,43);4,10H,1-3,7,9H2,(H2,8,11)/b;5-4-/t21-,26-,27+;/m0./s1. The first-order chi connectivity index (χ1) is 25.6. The van der Waals surface area contributed by atoms with Crippen molar-refractivity contribution < 1.29 is 42.3 Å². The second-order valence-electron chi connectivity index (χ2n) is 12.4. The minimum Gasteiger partial charge on any atom is -0.480 e. The summed E-state index contributed by atoms with van der Waals surface area (Å²) in [5.74, 6) is 1.47. The van der Waals surface area contributed by atoms with Gasteiger partial charge in [-0.2, -0.15) is 13.2 Å². The van der Waals surface area contributed by atoms with E-state index in [1.165, 1.54) is 25.3 Å². The number of allylic oxidation sites excluding steroid dienone is 1. The number of nitrogens with two attached hydrogens (primary N) is 3. The van der Waals surface area contributed by atoms with Gasteiger partial charge in [0.25, 0.3) is 0 Å². The number of hydrogen-bond acceptors (Lipinski definition) is 8. The number of aliphatic carboxylic acids is 1. The van der Waals surface area contributed by atoms with E-state index >= 15 is 0 Å². The van der Waals surface area contributed by atoms with Crippen LogP contribution in [0.3, 0.4) is 0 Å². The number of aryl methyl sites for hydroxylation is 1. The summed E-state index contributed by atoms with van der Waals surface area (Å²) in [6, 6.07) is 18.9. The fraction of sp³-hybridized carbons (Fsp3) is 0.342. The second kappa shape index (κ2) is 22.9. The predicted octanol–water partition coefficient (Wildman–Crippen LogP) is 2.98. The molecule has 3 rings (SSSR count). The number of carboxylic acids is 1. The van der Waals surface area contributed by atoms with Crippen LogP contribution in [0.15, 0.2) is 96.8 Å². The topological polar surface area (TPSA) is 232 Å². The number of halogens is 3. The van der Waals surface area contributed by atoms with Gasteiger partial charge in [-0.05, 0) is 61.4 Å². The molecule has 292 valence electrons. The van der Waals surface area contributed by atoms with Gasteiger partial charge in [0.15, 0.2) is 0 Å². The normalized spacial score (nSPS) is 12.9. The van der Waals surface area contributed by atoms with Crippen LogP contribution in [0.25, 0.3) is 0 Å². The lowest BCUT2D eigenvalue weighted by molar-refractivity contribution is -0.141. The zero-order valence-corrected chi connectivity index (χ0v) is 29.9. The molecule has 0 unspecified atom stereocenters. The molecule has 16 heteroatoms. The predicted molar refractivity (Wildman–Crippen MR) is 196 cm³/mol. The summed E-state index contributed by atoms with van der Waals surface area (Å²) < 4.78 is 39.2. The Labute approximate surface area is 311 Å². The molecule has 0 aliphatic carbocycles. The van der Waals surface area contributed by atoms with Gasteiger partial charge in [0.2, 0.25) is 23.6 Å². The maximum atomic E-state index is 13.5. The highest BCUT2D eigenvalue weighted by Gasteiger charge is 2.31. The quantitative estimate of drug-likeness (QED) is 0.0663. The summed E-state index contributed by atoms with van der Waals surface area (Å²) in [5, 5.41) is 16.9. The highest BCUT2D eigenvalue weighted by molar-refractivity contribution is 5.93. The van der Waals surface area contributed by atoms with Crippen molar-refractivity contribution in [1.82, 2.24) is 21.4 Å². The summed E-state index contributed by atoms with van der Waals surface area (Å²) in [6.45, 7) is 1.28. The molecule has 0 radical (unpaired) electrons. The summed E-state index contributed by atoms with van der Waals surface area (Å²) >= 11 is 0. The van der Waals surface area contributed by atoms with E-state index in [1.807, 2.05) is 30.3 Å². The maximum absolute atomic E-state index is 13.5. The monoisotopic (exact) mass is 755 g/mol. The molecule has 13 nitrogen and oxygen atoms in total. The Bertz CT molecular complexity index is 1670. The first-order valence-electron chi connectivity index (χ1n) is 17.1. The number of rotatable bonds is 19. The average Bonchev–Trinajstić information content (AvgIpc) is 3.12. The van der Waals surface area contributed by atoms with Gasteiger partial charge in [-0.15, -0.1) is 0 Å². The molecule has 0 aromatic heterocycles. The zero-order chi connectivity index (χ0) is 40.1. The van der Waals surface area contributed by atoms with Crippen molar-refractivity contribution in [2.75, 3.05) is 0 Å². The molecule has 0 spiro atoms. The number of hydrogen-bond donors (Lipinski definition) is 8. The van der Waals surface area contributed by atoms with E-state index in [0.29, 0.717) is 48.9 Å². The molecular formula is C38H48F3N7O6. The number of nitrogens with one attached hydrogen (secondary N) is 4. The lowest BCUT2D eigenvalue weighted by atomic mass is 10.0. The van der Waals surface area contributed by atoms with E-state index in [4.69, 9.17) is 17.3 Å². The van der Waals surface area contributed by atoms with E-state index in [1.54, 1.807) is 30.3 Å². The van der Waals surface area contributed by atoms with Gasteiger partial charge in [-0.25, -0.2) is 0 Å². The van der Waals surface area contributed by atoms with Gasteiger partial charge < -0.3 is 38.0 Å². The Kier molecular flexibility index (Phi) is 18.8. The third-order valence-corrected chi connectivity index (χ3v) is 7.89. The highest BCUT2D eigenvalue weighted by atomic mass is 19.4. The molecule has 3 aromatic rings. The third-order valence-electron chi connectivity index (χ3n) is 7.89. The van der Waals surface area contributed by atoms with Crippen molar-refractivity contribution in [3.8, 4) is 0 Å². The average molecular weight is 756 g/mol. The number of carbonyl (C=O) groups excluding carboxylic acids is 4. The van der Waals surface area contributed by atoms with E-state index in [9.17, 15) is 42.3 Å². The highest BCUT2D eigenvalue weighted by Crippen LogP contribution is 2.29. The van der Waals surface area contributed by atoms with E-state index in [-0.39, 0.29) is 25.2 Å². The van der Waals surface area contributed by atoms with Gasteiger partial charge in [0.05, 0.1) is 5.56 Å². The van der Waals surface area contributed by atoms with Crippen molar-refractivity contribution >= 4 is 29.6 Å². The van der Waals surface area contributed by atoms with Crippen LogP contribution in [-0.2, 0) is 49.4 Å². The smallest absolute Gasteiger partial charge is 0.416 e. The molecule has 4 amide bonds. The number of primary amides is 1. The summed E-state index contributed by atoms with van der Waals surface area (Å²) in [5.41, 5.74) is 14.5. The van der Waals surface area contributed by atoms with Crippen LogP contribution < -0.4 is 38.7 Å². The maximum Gasteiger partial charge on any atom is 0.416 e. The van der Waals surface area contributed by atoms with Gasteiger partial charge in [0.1, 0.15) is 18.1 Å². The van der Waals surface area contributed by atoms with Crippen molar-refractivity contribution in [1.29, 1.82) is 0 Å². The molecule has 0 fully saturated rings. The van der Waals surface area contributed by atoms with Crippen LogP contribution in [-0.4, -0.2) is 52.8 Å². The largest absolute Gasteiger partial charge is 0.480 e. The van der Waals surface area contributed by atoms with Crippen LogP contribution in [0, 0.1) is 0 Å². The first kappa shape index (κ1) is 44.3. The molecule has 0 bridgehead atoms.